The summed E-state index contributed by atoms with van der Waals surface area (Å²) < 4.78 is 4.97. The molecule has 0 N–H and O–H groups in total. The summed E-state index contributed by atoms with van der Waals surface area (Å²) >= 11 is 0. The molecule has 10 aromatic carbocycles. The maximum Gasteiger partial charge on any atom is 0.179 e. The van der Waals surface area contributed by atoms with E-state index >= 15 is 0 Å². The summed E-state index contributed by atoms with van der Waals surface area (Å²) in [5.41, 5.74) is 11.9. The lowest BCUT2D eigenvalue weighted by molar-refractivity contribution is 1.13. The van der Waals surface area contributed by atoms with Crippen LogP contribution >= 0.6 is 0 Å². The minimum absolute atomic E-state index is 1.13. The Bertz CT molecular complexity index is 3480. The predicted molar refractivity (Wildman–Crippen MR) is 270 cm³/mol. The van der Waals surface area contributed by atoms with Crippen LogP contribution in [0.2, 0.25) is 0 Å². The highest BCUT2D eigenvalue weighted by molar-refractivity contribution is 7.20. The van der Waals surface area contributed by atoms with Crippen molar-refractivity contribution < 1.29 is 0 Å². The largest absolute Gasteiger partial charge is 0.307 e. The van der Waals surface area contributed by atoms with Crippen LogP contribution in [0.1, 0.15) is 0 Å². The lowest BCUT2D eigenvalue weighted by atomic mass is 10.0. The summed E-state index contributed by atoms with van der Waals surface area (Å²) in [6.07, 6.45) is 0. The van der Waals surface area contributed by atoms with Gasteiger partial charge in [-0.2, -0.15) is 0 Å². The minimum atomic E-state index is -2.75. The molecule has 3 heteroatoms. The van der Waals surface area contributed by atoms with Gasteiger partial charge in [-0.15, -0.1) is 0 Å². The van der Waals surface area contributed by atoms with Crippen molar-refractivity contribution in [3.8, 4) is 33.6 Å². The molecule has 0 bridgehead atoms. The molecule has 0 saturated carbocycles. The van der Waals surface area contributed by atoms with Gasteiger partial charge in [0.25, 0.3) is 0 Å². The average Bonchev–Trinajstić information content (AvgIpc) is 3.89. The van der Waals surface area contributed by atoms with Gasteiger partial charge >= 0.3 is 0 Å². The Morgan fingerprint density at radius 3 is 1.22 bits per heavy atom. The zero-order valence-corrected chi connectivity index (χ0v) is 35.6. The maximum atomic E-state index is 2.52. The van der Waals surface area contributed by atoms with Crippen molar-refractivity contribution in [2.75, 3.05) is 0 Å². The minimum Gasteiger partial charge on any atom is -0.307 e. The normalized spacial score (nSPS) is 11.8. The SMILES string of the molecule is c1ccc(-c2ccc(-c3ccc(-n4c5ccccc5c5cccc(-n6c7ccccc7c7cc([Si](c8ccccc8)(c8ccccc8)c8ccccc8)ccc76)c54)cc3)cc2)cc1. The number of hydrogen-bond donors (Lipinski definition) is 0. The predicted octanol–water partition coefficient (Wildman–Crippen LogP) is 12.6. The Morgan fingerprint density at radius 1 is 0.254 bits per heavy atom. The van der Waals surface area contributed by atoms with Crippen molar-refractivity contribution in [3.05, 3.63) is 255 Å². The highest BCUT2D eigenvalue weighted by Crippen LogP contribution is 2.40. The molecule has 0 radical (unpaired) electrons. The maximum absolute atomic E-state index is 2.75. The molecule has 2 nitrogen and oxygen atoms in total. The lowest BCUT2D eigenvalue weighted by Gasteiger charge is -2.34. The third kappa shape index (κ3) is 5.93. The monoisotopic (exact) mass is 818 g/mol. The van der Waals surface area contributed by atoms with Crippen molar-refractivity contribution in [2.45, 2.75) is 0 Å². The average molecular weight is 819 g/mol. The number of aromatic nitrogens is 2. The van der Waals surface area contributed by atoms with E-state index in [0.29, 0.717) is 0 Å². The second kappa shape index (κ2) is 15.2. The van der Waals surface area contributed by atoms with E-state index in [1.165, 1.54) is 86.6 Å². The Balaban J connectivity index is 1.07. The fraction of sp³-hybridized carbons (Fsp3) is 0. The molecule has 0 aliphatic heterocycles. The first-order valence-corrected chi connectivity index (χ1v) is 23.8. The molecule has 0 fully saturated rings. The van der Waals surface area contributed by atoms with E-state index in [2.05, 4.69) is 264 Å². The van der Waals surface area contributed by atoms with Crippen LogP contribution in [0.25, 0.3) is 77.2 Å². The number of rotatable bonds is 8. The van der Waals surface area contributed by atoms with E-state index in [-0.39, 0.29) is 0 Å². The molecule has 2 heterocycles. The van der Waals surface area contributed by atoms with Gasteiger partial charge in [0, 0.05) is 27.2 Å². The molecule has 0 atom stereocenters. The second-order valence-corrected chi connectivity index (χ2v) is 20.3. The van der Waals surface area contributed by atoms with Crippen molar-refractivity contribution in [3.63, 3.8) is 0 Å². The van der Waals surface area contributed by atoms with Crippen LogP contribution in [0.15, 0.2) is 255 Å². The molecule has 296 valence electrons. The number of nitrogens with zero attached hydrogens (tertiary/aromatic N) is 2. The molecule has 63 heavy (non-hydrogen) atoms. The van der Waals surface area contributed by atoms with Gasteiger partial charge in [0.05, 0.1) is 27.8 Å². The van der Waals surface area contributed by atoms with E-state index in [4.69, 9.17) is 0 Å². The fourth-order valence-corrected chi connectivity index (χ4v) is 15.0. The van der Waals surface area contributed by atoms with Gasteiger partial charge in [-0.1, -0.05) is 218 Å². The summed E-state index contributed by atoms with van der Waals surface area (Å²) in [5.74, 6) is 0. The van der Waals surface area contributed by atoms with Crippen LogP contribution in [-0.4, -0.2) is 17.2 Å². The van der Waals surface area contributed by atoms with Gasteiger partial charge in [-0.05, 0) is 79.4 Å². The third-order valence-electron chi connectivity index (χ3n) is 13.1. The Morgan fingerprint density at radius 2 is 0.667 bits per heavy atom. The fourth-order valence-electron chi connectivity index (χ4n) is 10.3. The first-order valence-electron chi connectivity index (χ1n) is 21.8. The Kier molecular flexibility index (Phi) is 8.87. The van der Waals surface area contributed by atoms with E-state index in [1.54, 1.807) is 0 Å². The second-order valence-electron chi connectivity index (χ2n) is 16.4. The highest BCUT2D eigenvalue weighted by atomic mass is 28.3. The van der Waals surface area contributed by atoms with Crippen LogP contribution in [0.5, 0.6) is 0 Å². The first-order chi connectivity index (χ1) is 31.3. The summed E-state index contributed by atoms with van der Waals surface area (Å²) in [7, 11) is -2.75. The van der Waals surface area contributed by atoms with Gasteiger partial charge < -0.3 is 9.13 Å². The van der Waals surface area contributed by atoms with Crippen molar-refractivity contribution in [1.29, 1.82) is 0 Å². The zero-order chi connectivity index (χ0) is 41.7. The van der Waals surface area contributed by atoms with E-state index in [1.807, 2.05) is 0 Å². The molecule has 0 amide bonds. The molecule has 0 spiro atoms. The number of hydrogen-bond acceptors (Lipinski definition) is 0. The van der Waals surface area contributed by atoms with Crippen LogP contribution in [0, 0.1) is 0 Å². The van der Waals surface area contributed by atoms with Crippen LogP contribution in [0.3, 0.4) is 0 Å². The summed E-state index contributed by atoms with van der Waals surface area (Å²) in [5, 5.41) is 10.4. The molecule has 12 rings (SSSR count). The topological polar surface area (TPSA) is 9.86 Å². The molecule has 0 aliphatic rings. The van der Waals surface area contributed by atoms with Crippen LogP contribution in [-0.2, 0) is 0 Å². The smallest absolute Gasteiger partial charge is 0.179 e. The zero-order valence-electron chi connectivity index (χ0n) is 34.6. The van der Waals surface area contributed by atoms with Crippen LogP contribution in [0.4, 0.5) is 0 Å². The van der Waals surface area contributed by atoms with Gasteiger partial charge in [-0.25, -0.2) is 0 Å². The van der Waals surface area contributed by atoms with Gasteiger partial charge in [0.15, 0.2) is 8.07 Å². The standard InChI is InChI=1S/C60H42N2Si/c1-5-18-43(19-6-1)44-32-34-45(35-33-44)46-36-38-47(39-37-46)61-56-29-15-13-26-52(56)54-28-17-31-59(60(54)61)62-57-30-16-14-27-53(57)55-42-51(40-41-58(55)62)63(48-20-7-2-8-21-48,49-22-9-3-10-23-49)50-24-11-4-12-25-50/h1-42H. The summed E-state index contributed by atoms with van der Waals surface area (Å²) in [6.45, 7) is 0. The third-order valence-corrected chi connectivity index (χ3v) is 17.9. The quantitative estimate of drug-likeness (QED) is 0.107. The molecule has 12 aromatic rings. The molecular weight excluding hydrogens is 777 g/mol. The van der Waals surface area contributed by atoms with Gasteiger partial charge in [0.1, 0.15) is 0 Å². The molecule has 0 saturated heterocycles. The van der Waals surface area contributed by atoms with Gasteiger partial charge in [0.2, 0.25) is 0 Å². The number of para-hydroxylation sites is 3. The first kappa shape index (κ1) is 36.8. The Hall–Kier alpha value is -7.98. The van der Waals surface area contributed by atoms with Crippen molar-refractivity contribution >= 4 is 72.4 Å². The Labute approximate surface area is 368 Å². The van der Waals surface area contributed by atoms with Gasteiger partial charge in [-0.3, -0.25) is 0 Å². The van der Waals surface area contributed by atoms with E-state index in [0.717, 1.165) is 11.4 Å². The number of fused-ring (bicyclic) bond motifs is 6. The summed E-state index contributed by atoms with van der Waals surface area (Å²) in [6, 6.07) is 94.1. The van der Waals surface area contributed by atoms with Crippen LogP contribution < -0.4 is 20.7 Å². The molecule has 0 aliphatic carbocycles. The lowest BCUT2D eigenvalue weighted by Crippen LogP contribution is -2.74. The highest BCUT2D eigenvalue weighted by Gasteiger charge is 2.41. The van der Waals surface area contributed by atoms with E-state index in [9.17, 15) is 0 Å². The summed E-state index contributed by atoms with van der Waals surface area (Å²) in [4.78, 5) is 0. The molecule has 0 unspecified atom stereocenters. The van der Waals surface area contributed by atoms with Crippen molar-refractivity contribution in [2.24, 2.45) is 0 Å². The van der Waals surface area contributed by atoms with Crippen molar-refractivity contribution in [1.82, 2.24) is 9.13 Å². The number of benzene rings is 10. The van der Waals surface area contributed by atoms with E-state index < -0.39 is 8.07 Å². The molecular formula is C60H42N2Si. The molecule has 2 aromatic heterocycles.